The molecular formula is C17H15BrFNO. The zero-order valence-corrected chi connectivity index (χ0v) is 13.2. The van der Waals surface area contributed by atoms with Gasteiger partial charge in [0.1, 0.15) is 5.82 Å². The summed E-state index contributed by atoms with van der Waals surface area (Å²) in [5.41, 5.74) is 1.84. The molecule has 0 fully saturated rings. The molecule has 0 atom stereocenters. The van der Waals surface area contributed by atoms with Gasteiger partial charge in [-0.1, -0.05) is 46.3 Å². The number of likely N-dealkylation sites (N-methyl/N-ethyl adjacent to an activating group) is 1. The highest BCUT2D eigenvalue weighted by Gasteiger charge is 2.07. The summed E-state index contributed by atoms with van der Waals surface area (Å²) in [5, 5.41) is 0. The van der Waals surface area contributed by atoms with Gasteiger partial charge in [-0.15, -0.1) is 0 Å². The second kappa shape index (κ2) is 7.18. The fourth-order valence-corrected chi connectivity index (χ4v) is 2.24. The van der Waals surface area contributed by atoms with Gasteiger partial charge in [0.05, 0.1) is 0 Å². The van der Waals surface area contributed by atoms with Gasteiger partial charge >= 0.3 is 0 Å². The maximum Gasteiger partial charge on any atom is 0.246 e. The molecule has 0 aromatic heterocycles. The van der Waals surface area contributed by atoms with Gasteiger partial charge in [0.15, 0.2) is 0 Å². The molecule has 0 aliphatic heterocycles. The molecule has 0 N–H and O–H groups in total. The van der Waals surface area contributed by atoms with Gasteiger partial charge in [-0.2, -0.15) is 0 Å². The third-order valence-electron chi connectivity index (χ3n) is 3.03. The van der Waals surface area contributed by atoms with Crippen LogP contribution in [0.25, 0.3) is 6.08 Å². The number of rotatable bonds is 4. The minimum atomic E-state index is -0.287. The zero-order chi connectivity index (χ0) is 15.2. The highest BCUT2D eigenvalue weighted by Crippen LogP contribution is 2.17. The molecule has 2 aromatic rings. The van der Waals surface area contributed by atoms with Crippen LogP contribution in [0, 0.1) is 5.82 Å². The molecule has 4 heteroatoms. The Kier molecular flexibility index (Phi) is 5.28. The van der Waals surface area contributed by atoms with Crippen LogP contribution in [0.4, 0.5) is 4.39 Å². The molecule has 0 spiro atoms. The number of halogens is 2. The lowest BCUT2D eigenvalue weighted by Gasteiger charge is -2.16. The van der Waals surface area contributed by atoms with Crippen LogP contribution in [0.2, 0.25) is 0 Å². The lowest BCUT2D eigenvalue weighted by molar-refractivity contribution is -0.125. The van der Waals surface area contributed by atoms with Crippen LogP contribution < -0.4 is 0 Å². The zero-order valence-electron chi connectivity index (χ0n) is 11.6. The summed E-state index contributed by atoms with van der Waals surface area (Å²) in [6, 6.07) is 13.8. The molecule has 0 saturated carbocycles. The molecule has 2 rings (SSSR count). The Morgan fingerprint density at radius 3 is 2.52 bits per heavy atom. The smallest absolute Gasteiger partial charge is 0.246 e. The minimum Gasteiger partial charge on any atom is -0.338 e. The van der Waals surface area contributed by atoms with E-state index >= 15 is 0 Å². The van der Waals surface area contributed by atoms with Crippen molar-refractivity contribution in [3.63, 3.8) is 0 Å². The number of hydrogen-bond acceptors (Lipinski definition) is 1. The van der Waals surface area contributed by atoms with Crippen molar-refractivity contribution >= 4 is 27.9 Å². The topological polar surface area (TPSA) is 20.3 Å². The van der Waals surface area contributed by atoms with Crippen molar-refractivity contribution in [1.82, 2.24) is 4.90 Å². The number of hydrogen-bond donors (Lipinski definition) is 0. The number of benzene rings is 2. The third kappa shape index (κ3) is 4.53. The first kappa shape index (κ1) is 15.4. The summed E-state index contributed by atoms with van der Waals surface area (Å²) >= 11 is 3.46. The van der Waals surface area contributed by atoms with E-state index in [0.717, 1.165) is 15.6 Å². The van der Waals surface area contributed by atoms with Gasteiger partial charge in [0.2, 0.25) is 5.91 Å². The molecule has 108 valence electrons. The molecule has 0 unspecified atom stereocenters. The Labute approximate surface area is 132 Å². The first-order chi connectivity index (χ1) is 10.1. The van der Waals surface area contributed by atoms with E-state index in [9.17, 15) is 9.18 Å². The van der Waals surface area contributed by atoms with Crippen LogP contribution in [0.1, 0.15) is 11.1 Å². The predicted molar refractivity (Wildman–Crippen MR) is 86.1 cm³/mol. The molecule has 1 amide bonds. The van der Waals surface area contributed by atoms with E-state index in [-0.39, 0.29) is 11.7 Å². The van der Waals surface area contributed by atoms with Gasteiger partial charge in [-0.25, -0.2) is 4.39 Å². The fourth-order valence-electron chi connectivity index (χ4n) is 1.83. The van der Waals surface area contributed by atoms with E-state index in [2.05, 4.69) is 15.9 Å². The number of amides is 1. The van der Waals surface area contributed by atoms with Crippen molar-refractivity contribution in [2.45, 2.75) is 6.54 Å². The molecule has 2 aromatic carbocycles. The Hall–Kier alpha value is -1.94. The monoisotopic (exact) mass is 347 g/mol. The lowest BCUT2D eigenvalue weighted by Crippen LogP contribution is -2.24. The second-order valence-electron chi connectivity index (χ2n) is 4.67. The van der Waals surface area contributed by atoms with E-state index in [0.29, 0.717) is 6.54 Å². The average molecular weight is 348 g/mol. The summed E-state index contributed by atoms with van der Waals surface area (Å²) in [6.45, 7) is 0.522. The normalized spacial score (nSPS) is 10.8. The highest BCUT2D eigenvalue weighted by atomic mass is 79.9. The number of carbonyl (C=O) groups is 1. The summed E-state index contributed by atoms with van der Waals surface area (Å²) in [5.74, 6) is -0.389. The third-order valence-corrected chi connectivity index (χ3v) is 3.80. The number of nitrogens with zero attached hydrogens (tertiary/aromatic N) is 1. The summed E-state index contributed by atoms with van der Waals surface area (Å²) in [7, 11) is 1.75. The molecule has 0 aliphatic carbocycles. The molecular weight excluding hydrogens is 333 g/mol. The van der Waals surface area contributed by atoms with Gasteiger partial charge in [-0.3, -0.25) is 4.79 Å². The first-order valence-corrected chi connectivity index (χ1v) is 7.28. The Morgan fingerprint density at radius 2 is 1.86 bits per heavy atom. The van der Waals surface area contributed by atoms with Crippen LogP contribution in [0.15, 0.2) is 59.1 Å². The van der Waals surface area contributed by atoms with Crippen LogP contribution >= 0.6 is 15.9 Å². The Bertz CT molecular complexity index is 652. The van der Waals surface area contributed by atoms with Gasteiger partial charge < -0.3 is 4.90 Å². The van der Waals surface area contributed by atoms with Crippen LogP contribution in [0.5, 0.6) is 0 Å². The second-order valence-corrected chi connectivity index (χ2v) is 5.52. The quantitative estimate of drug-likeness (QED) is 0.756. The van der Waals surface area contributed by atoms with E-state index in [1.54, 1.807) is 30.2 Å². The molecule has 0 saturated heterocycles. The maximum absolute atomic E-state index is 12.8. The van der Waals surface area contributed by atoms with Crippen LogP contribution in [0.3, 0.4) is 0 Å². The van der Waals surface area contributed by atoms with Gasteiger partial charge in [-0.05, 0) is 35.4 Å². The SMILES string of the molecule is CN(Cc1ccccc1Br)C(=O)C=Cc1ccc(F)cc1. The summed E-state index contributed by atoms with van der Waals surface area (Å²) < 4.78 is 13.8. The molecule has 21 heavy (non-hydrogen) atoms. The summed E-state index contributed by atoms with van der Waals surface area (Å²) in [4.78, 5) is 13.7. The molecule has 0 aliphatic rings. The Balaban J connectivity index is 1.99. The number of carbonyl (C=O) groups excluding carboxylic acids is 1. The van der Waals surface area contributed by atoms with E-state index in [1.807, 2.05) is 24.3 Å². The van der Waals surface area contributed by atoms with Crippen molar-refractivity contribution < 1.29 is 9.18 Å². The highest BCUT2D eigenvalue weighted by molar-refractivity contribution is 9.10. The molecule has 0 radical (unpaired) electrons. The van der Waals surface area contributed by atoms with Crippen LogP contribution in [-0.4, -0.2) is 17.9 Å². The standard InChI is InChI=1S/C17H15BrFNO/c1-20(12-14-4-2-3-5-16(14)18)17(21)11-8-13-6-9-15(19)10-7-13/h2-11H,12H2,1H3. The van der Waals surface area contributed by atoms with Crippen LogP contribution in [-0.2, 0) is 11.3 Å². The lowest BCUT2D eigenvalue weighted by atomic mass is 10.2. The average Bonchev–Trinajstić information content (AvgIpc) is 2.48. The van der Waals surface area contributed by atoms with Crippen molar-refractivity contribution in [3.8, 4) is 0 Å². The minimum absolute atomic E-state index is 0.102. The van der Waals surface area contributed by atoms with Gasteiger partial charge in [0, 0.05) is 24.1 Å². The molecule has 0 bridgehead atoms. The van der Waals surface area contributed by atoms with E-state index in [4.69, 9.17) is 0 Å². The van der Waals surface area contributed by atoms with Crippen molar-refractivity contribution in [2.24, 2.45) is 0 Å². The van der Waals surface area contributed by atoms with Gasteiger partial charge in [0.25, 0.3) is 0 Å². The first-order valence-electron chi connectivity index (χ1n) is 6.48. The van der Waals surface area contributed by atoms with Crippen molar-refractivity contribution in [3.05, 3.63) is 76.0 Å². The molecule has 2 nitrogen and oxygen atoms in total. The van der Waals surface area contributed by atoms with Crippen molar-refractivity contribution in [2.75, 3.05) is 7.05 Å². The predicted octanol–water partition coefficient (Wildman–Crippen LogP) is 4.26. The summed E-state index contributed by atoms with van der Waals surface area (Å²) in [6.07, 6.45) is 3.17. The maximum atomic E-state index is 12.8. The Morgan fingerprint density at radius 1 is 1.19 bits per heavy atom. The van der Waals surface area contributed by atoms with E-state index < -0.39 is 0 Å². The largest absolute Gasteiger partial charge is 0.338 e. The molecule has 0 heterocycles. The van der Waals surface area contributed by atoms with Crippen molar-refractivity contribution in [1.29, 1.82) is 0 Å². The fraction of sp³-hybridized carbons (Fsp3) is 0.118. The van der Waals surface area contributed by atoms with E-state index in [1.165, 1.54) is 18.2 Å².